The molecule has 1 aliphatic heterocycles. The molecule has 23 heavy (non-hydrogen) atoms. The number of amides is 2. The Hall–Kier alpha value is -2.67. The molecule has 0 bridgehead atoms. The molecule has 1 aliphatic rings. The molecule has 1 fully saturated rings. The number of likely N-dealkylation sites (tertiary alicyclic amines) is 1. The highest BCUT2D eigenvalue weighted by molar-refractivity contribution is 5.94. The molecule has 120 valence electrons. The van der Waals surface area contributed by atoms with Gasteiger partial charge in [0.1, 0.15) is 12.3 Å². The molecule has 0 unspecified atom stereocenters. The molecule has 0 aliphatic carbocycles. The number of nitrogens with two attached hydrogens (primary N) is 1. The lowest BCUT2D eigenvalue weighted by atomic mass is 10.1. The van der Waals surface area contributed by atoms with Crippen molar-refractivity contribution in [1.29, 1.82) is 0 Å². The molecule has 7 nitrogen and oxygen atoms in total. The quantitative estimate of drug-likeness (QED) is 0.865. The van der Waals surface area contributed by atoms with E-state index in [1.807, 2.05) is 18.2 Å². The van der Waals surface area contributed by atoms with E-state index in [-0.39, 0.29) is 30.4 Å². The second-order valence-corrected chi connectivity index (χ2v) is 5.41. The first-order chi connectivity index (χ1) is 11.2. The lowest BCUT2D eigenvalue weighted by Gasteiger charge is -2.21. The maximum Gasteiger partial charge on any atom is 0.251 e. The van der Waals surface area contributed by atoms with Crippen LogP contribution in [0.4, 0.5) is 0 Å². The van der Waals surface area contributed by atoms with Crippen molar-refractivity contribution in [1.82, 2.24) is 15.2 Å². The number of rotatable bonds is 4. The Labute approximate surface area is 133 Å². The minimum Gasteiger partial charge on any atom is -0.447 e. The molecule has 1 aromatic carbocycles. The predicted molar refractivity (Wildman–Crippen MR) is 82.3 cm³/mol. The van der Waals surface area contributed by atoms with Gasteiger partial charge in [-0.2, -0.15) is 0 Å². The van der Waals surface area contributed by atoms with Crippen molar-refractivity contribution in [3.8, 4) is 0 Å². The van der Waals surface area contributed by atoms with E-state index in [1.54, 1.807) is 17.0 Å². The number of nitrogens with zero attached hydrogens (tertiary/aromatic N) is 2. The monoisotopic (exact) mass is 314 g/mol. The second-order valence-electron chi connectivity index (χ2n) is 5.41. The van der Waals surface area contributed by atoms with Gasteiger partial charge in [0, 0.05) is 18.2 Å². The average molecular weight is 314 g/mol. The van der Waals surface area contributed by atoms with Crippen molar-refractivity contribution in [3.63, 3.8) is 0 Å². The number of oxazole rings is 1. The zero-order valence-corrected chi connectivity index (χ0v) is 12.5. The fraction of sp³-hybridized carbons (Fsp3) is 0.312. The summed E-state index contributed by atoms with van der Waals surface area (Å²) in [4.78, 5) is 30.0. The Bertz CT molecular complexity index is 672. The van der Waals surface area contributed by atoms with Gasteiger partial charge in [-0.05, 0) is 18.6 Å². The number of benzene rings is 1. The molecule has 2 amide bonds. The summed E-state index contributed by atoms with van der Waals surface area (Å²) in [6.07, 6.45) is 3.55. The van der Waals surface area contributed by atoms with Crippen molar-refractivity contribution in [2.45, 2.75) is 18.5 Å². The molecule has 2 heterocycles. The molecule has 0 radical (unpaired) electrons. The molecular formula is C16H18N4O3. The number of carbonyl (C=O) groups is 2. The van der Waals surface area contributed by atoms with Gasteiger partial charge in [-0.15, -0.1) is 0 Å². The molecular weight excluding hydrogens is 296 g/mol. The van der Waals surface area contributed by atoms with Gasteiger partial charge in [-0.25, -0.2) is 4.98 Å². The third kappa shape index (κ3) is 3.24. The fourth-order valence-corrected chi connectivity index (χ4v) is 2.82. The molecule has 2 aromatic rings. The Morgan fingerprint density at radius 2 is 2.13 bits per heavy atom. The summed E-state index contributed by atoms with van der Waals surface area (Å²) in [5.41, 5.74) is 6.06. The first-order valence-electron chi connectivity index (χ1n) is 7.44. The average Bonchev–Trinajstić information content (AvgIpc) is 3.24. The van der Waals surface area contributed by atoms with Crippen LogP contribution in [0, 0.1) is 0 Å². The summed E-state index contributed by atoms with van der Waals surface area (Å²) in [5.74, 6) is 0.108. The summed E-state index contributed by atoms with van der Waals surface area (Å²) in [6.45, 7) is 0.304. The van der Waals surface area contributed by atoms with Crippen LogP contribution in [0.3, 0.4) is 0 Å². The maximum absolute atomic E-state index is 12.3. The van der Waals surface area contributed by atoms with Crippen LogP contribution in [0.2, 0.25) is 0 Å². The Morgan fingerprint density at radius 3 is 2.78 bits per heavy atom. The number of hydrogen-bond acceptors (Lipinski definition) is 5. The van der Waals surface area contributed by atoms with Gasteiger partial charge in [0.05, 0.1) is 12.7 Å². The van der Waals surface area contributed by atoms with E-state index >= 15 is 0 Å². The van der Waals surface area contributed by atoms with Crippen LogP contribution in [0.5, 0.6) is 0 Å². The molecule has 3 rings (SSSR count). The number of nitrogens with one attached hydrogen (secondary N) is 1. The van der Waals surface area contributed by atoms with Gasteiger partial charge in [0.25, 0.3) is 5.91 Å². The summed E-state index contributed by atoms with van der Waals surface area (Å²) >= 11 is 0. The first kappa shape index (κ1) is 15.2. The third-order valence-corrected chi connectivity index (χ3v) is 3.90. The van der Waals surface area contributed by atoms with Crippen LogP contribution >= 0.6 is 0 Å². The van der Waals surface area contributed by atoms with Crippen LogP contribution < -0.4 is 11.1 Å². The highest BCUT2D eigenvalue weighted by Gasteiger charge is 2.38. The third-order valence-electron chi connectivity index (χ3n) is 3.90. The molecule has 3 N–H and O–H groups in total. The Kier molecular flexibility index (Phi) is 4.38. The highest BCUT2D eigenvalue weighted by atomic mass is 16.3. The zero-order valence-electron chi connectivity index (χ0n) is 12.5. The molecule has 1 saturated heterocycles. The van der Waals surface area contributed by atoms with E-state index in [4.69, 9.17) is 10.2 Å². The van der Waals surface area contributed by atoms with E-state index in [0.29, 0.717) is 24.4 Å². The number of hydrogen-bond donors (Lipinski definition) is 2. The number of carbonyl (C=O) groups excluding carboxylic acids is 2. The zero-order chi connectivity index (χ0) is 16.2. The van der Waals surface area contributed by atoms with E-state index in [1.165, 1.54) is 12.5 Å². The van der Waals surface area contributed by atoms with E-state index in [9.17, 15) is 9.59 Å². The molecule has 1 aromatic heterocycles. The van der Waals surface area contributed by atoms with Crippen molar-refractivity contribution in [3.05, 3.63) is 54.2 Å². The van der Waals surface area contributed by atoms with Crippen LogP contribution in [0.25, 0.3) is 0 Å². The normalized spacial score (nSPS) is 20.5. The Morgan fingerprint density at radius 1 is 1.35 bits per heavy atom. The molecule has 7 heteroatoms. The van der Waals surface area contributed by atoms with Gasteiger partial charge in [0.2, 0.25) is 11.8 Å². The van der Waals surface area contributed by atoms with Crippen molar-refractivity contribution >= 4 is 11.8 Å². The van der Waals surface area contributed by atoms with Crippen LogP contribution in [0.1, 0.15) is 28.7 Å². The summed E-state index contributed by atoms with van der Waals surface area (Å²) < 4.78 is 5.32. The fourth-order valence-electron chi connectivity index (χ4n) is 2.82. The van der Waals surface area contributed by atoms with Gasteiger partial charge >= 0.3 is 0 Å². The van der Waals surface area contributed by atoms with Gasteiger partial charge in [0.15, 0.2) is 0 Å². The van der Waals surface area contributed by atoms with Gasteiger partial charge in [-0.1, -0.05) is 18.2 Å². The minimum absolute atomic E-state index is 0.0867. The van der Waals surface area contributed by atoms with Crippen molar-refractivity contribution in [2.75, 3.05) is 13.1 Å². The molecule has 0 saturated carbocycles. The van der Waals surface area contributed by atoms with Crippen molar-refractivity contribution < 1.29 is 14.0 Å². The van der Waals surface area contributed by atoms with Gasteiger partial charge < -0.3 is 20.4 Å². The van der Waals surface area contributed by atoms with Crippen LogP contribution in [-0.2, 0) is 4.79 Å². The van der Waals surface area contributed by atoms with E-state index < -0.39 is 0 Å². The lowest BCUT2D eigenvalue weighted by Crippen LogP contribution is -2.40. The summed E-state index contributed by atoms with van der Waals surface area (Å²) in [7, 11) is 0. The van der Waals surface area contributed by atoms with E-state index in [2.05, 4.69) is 10.3 Å². The topological polar surface area (TPSA) is 101 Å². The smallest absolute Gasteiger partial charge is 0.251 e. The lowest BCUT2D eigenvalue weighted by molar-refractivity contribution is -0.131. The molecule has 0 spiro atoms. The highest BCUT2D eigenvalue weighted by Crippen LogP contribution is 2.31. The second kappa shape index (κ2) is 6.62. The largest absolute Gasteiger partial charge is 0.447 e. The standard InChI is InChI=1S/C16H18N4O3/c17-9-14(21)20-10-12(8-13(20)16-18-6-7-23-16)19-15(22)11-4-2-1-3-5-11/h1-7,12-13H,8-10,17H2,(H,19,22)/t12-,13+/m1/s1. The van der Waals surface area contributed by atoms with Crippen LogP contribution in [-0.4, -0.2) is 40.8 Å². The Balaban J connectivity index is 1.72. The minimum atomic E-state index is -0.304. The summed E-state index contributed by atoms with van der Waals surface area (Å²) in [5, 5.41) is 2.95. The number of aromatic nitrogens is 1. The first-order valence-corrected chi connectivity index (χ1v) is 7.44. The van der Waals surface area contributed by atoms with Gasteiger partial charge in [-0.3, -0.25) is 9.59 Å². The van der Waals surface area contributed by atoms with E-state index in [0.717, 1.165) is 0 Å². The predicted octanol–water partition coefficient (Wildman–Crippen LogP) is 0.705. The van der Waals surface area contributed by atoms with Crippen LogP contribution in [0.15, 0.2) is 47.2 Å². The SMILES string of the molecule is NCC(=O)N1C[C@H](NC(=O)c2ccccc2)C[C@H]1c1ncco1. The molecule has 2 atom stereocenters. The van der Waals surface area contributed by atoms with Crippen molar-refractivity contribution in [2.24, 2.45) is 5.73 Å². The summed E-state index contributed by atoms with van der Waals surface area (Å²) in [6, 6.07) is 8.49. The maximum atomic E-state index is 12.3.